The van der Waals surface area contributed by atoms with Crippen LogP contribution in [0.25, 0.3) is 0 Å². The van der Waals surface area contributed by atoms with E-state index in [2.05, 4.69) is 0 Å². The molecule has 0 bridgehead atoms. The maximum Gasteiger partial charge on any atom is 0.271 e. The molecule has 0 radical (unpaired) electrons. The fourth-order valence-corrected chi connectivity index (χ4v) is 4.02. The van der Waals surface area contributed by atoms with Gasteiger partial charge in [-0.1, -0.05) is 13.8 Å². The highest BCUT2D eigenvalue weighted by molar-refractivity contribution is 7.89. The Kier molecular flexibility index (Phi) is 3.47. The van der Waals surface area contributed by atoms with Crippen molar-refractivity contribution in [2.75, 3.05) is 18.8 Å². The van der Waals surface area contributed by atoms with Crippen LogP contribution in [0.2, 0.25) is 0 Å². The van der Waals surface area contributed by atoms with E-state index in [1.807, 2.05) is 13.8 Å². The van der Waals surface area contributed by atoms with Crippen molar-refractivity contribution in [1.82, 2.24) is 4.31 Å². The number of anilines is 1. The first-order valence-corrected chi connectivity index (χ1v) is 7.62. The van der Waals surface area contributed by atoms with Gasteiger partial charge in [-0.2, -0.15) is 4.31 Å². The first-order valence-electron chi connectivity index (χ1n) is 6.18. The highest BCUT2D eigenvalue weighted by Crippen LogP contribution is 2.34. The van der Waals surface area contributed by atoms with Gasteiger partial charge in [0.05, 0.1) is 10.6 Å². The fraction of sp³-hybridized carbons (Fsp3) is 0.500. The van der Waals surface area contributed by atoms with Crippen LogP contribution in [0.3, 0.4) is 0 Å². The van der Waals surface area contributed by atoms with Gasteiger partial charge in [-0.05, 0) is 17.9 Å². The second-order valence-corrected chi connectivity index (χ2v) is 7.64. The Morgan fingerprint density at radius 3 is 2.50 bits per heavy atom. The SMILES string of the molecule is CC1(C)CCN(S(=O)(=O)c2ccc([N+](=O)[O-])cc2N)C1. The molecule has 2 N–H and O–H groups in total. The second-order valence-electron chi connectivity index (χ2n) is 5.73. The molecule has 20 heavy (non-hydrogen) atoms. The number of non-ortho nitro benzene ring substituents is 1. The van der Waals surface area contributed by atoms with Crippen molar-refractivity contribution >= 4 is 21.4 Å². The molecular formula is C12H17N3O4S. The van der Waals surface area contributed by atoms with E-state index in [9.17, 15) is 18.5 Å². The lowest BCUT2D eigenvalue weighted by atomic mass is 9.93. The van der Waals surface area contributed by atoms with Gasteiger partial charge in [0.25, 0.3) is 5.69 Å². The predicted octanol–water partition coefficient (Wildman–Crippen LogP) is 1.60. The molecule has 1 aliphatic heterocycles. The summed E-state index contributed by atoms with van der Waals surface area (Å²) in [6, 6.07) is 3.44. The highest BCUT2D eigenvalue weighted by Gasteiger charge is 2.37. The molecule has 1 aromatic carbocycles. The van der Waals surface area contributed by atoms with E-state index in [0.717, 1.165) is 18.6 Å². The quantitative estimate of drug-likeness (QED) is 0.518. The molecule has 0 aromatic heterocycles. The van der Waals surface area contributed by atoms with Gasteiger partial charge in [0.2, 0.25) is 10.0 Å². The van der Waals surface area contributed by atoms with Crippen LogP contribution >= 0.6 is 0 Å². The molecule has 0 atom stereocenters. The first kappa shape index (κ1) is 14.7. The van der Waals surface area contributed by atoms with Gasteiger partial charge in [0.15, 0.2) is 0 Å². The van der Waals surface area contributed by atoms with Gasteiger partial charge in [0, 0.05) is 25.2 Å². The molecule has 7 nitrogen and oxygen atoms in total. The van der Waals surface area contributed by atoms with Crippen LogP contribution in [0, 0.1) is 15.5 Å². The Hall–Kier alpha value is -1.67. The van der Waals surface area contributed by atoms with Gasteiger partial charge >= 0.3 is 0 Å². The number of nitro benzene ring substituents is 1. The Bertz CT molecular complexity index is 655. The molecule has 1 aromatic rings. The predicted molar refractivity (Wildman–Crippen MR) is 74.7 cm³/mol. The summed E-state index contributed by atoms with van der Waals surface area (Å²) in [5.41, 5.74) is 5.29. The molecule has 0 amide bonds. The van der Waals surface area contributed by atoms with Crippen molar-refractivity contribution in [2.45, 2.75) is 25.2 Å². The van der Waals surface area contributed by atoms with E-state index < -0.39 is 14.9 Å². The van der Waals surface area contributed by atoms with Crippen LogP contribution in [-0.2, 0) is 10.0 Å². The molecule has 1 saturated heterocycles. The number of nitrogen functional groups attached to an aromatic ring is 1. The second kappa shape index (κ2) is 4.71. The number of rotatable bonds is 3. The average Bonchev–Trinajstić information content (AvgIpc) is 2.69. The van der Waals surface area contributed by atoms with Gasteiger partial charge in [-0.15, -0.1) is 0 Å². The minimum absolute atomic E-state index is 0.0669. The van der Waals surface area contributed by atoms with Gasteiger partial charge in [-0.25, -0.2) is 8.42 Å². The van der Waals surface area contributed by atoms with Crippen LogP contribution < -0.4 is 5.73 Å². The van der Waals surface area contributed by atoms with Gasteiger partial charge in [0.1, 0.15) is 4.90 Å². The van der Waals surface area contributed by atoms with E-state index in [0.29, 0.717) is 13.1 Å². The summed E-state index contributed by atoms with van der Waals surface area (Å²) in [6.45, 7) is 4.86. The molecule has 1 fully saturated rings. The molecule has 0 saturated carbocycles. The van der Waals surface area contributed by atoms with Crippen molar-refractivity contribution in [3.63, 3.8) is 0 Å². The van der Waals surface area contributed by atoms with Crippen LogP contribution in [0.4, 0.5) is 11.4 Å². The summed E-state index contributed by atoms with van der Waals surface area (Å²) in [6.07, 6.45) is 0.777. The van der Waals surface area contributed by atoms with Crippen LogP contribution in [0.5, 0.6) is 0 Å². The van der Waals surface area contributed by atoms with Crippen molar-refractivity contribution in [3.05, 3.63) is 28.3 Å². The Labute approximate surface area is 117 Å². The molecule has 110 valence electrons. The number of nitro groups is 1. The van der Waals surface area contributed by atoms with E-state index in [-0.39, 0.29) is 21.7 Å². The third kappa shape index (κ3) is 2.61. The molecule has 2 rings (SSSR count). The summed E-state index contributed by atoms with van der Waals surface area (Å²) in [5, 5.41) is 10.6. The zero-order chi connectivity index (χ0) is 15.1. The van der Waals surface area contributed by atoms with E-state index in [1.165, 1.54) is 10.4 Å². The third-order valence-electron chi connectivity index (χ3n) is 3.46. The van der Waals surface area contributed by atoms with E-state index >= 15 is 0 Å². The number of nitrogens with two attached hydrogens (primary N) is 1. The number of nitrogens with zero attached hydrogens (tertiary/aromatic N) is 2. The van der Waals surface area contributed by atoms with Crippen LogP contribution in [-0.4, -0.2) is 30.7 Å². The molecular weight excluding hydrogens is 282 g/mol. The minimum atomic E-state index is -3.70. The fourth-order valence-electron chi connectivity index (χ4n) is 2.29. The maximum atomic E-state index is 12.5. The highest BCUT2D eigenvalue weighted by atomic mass is 32.2. The minimum Gasteiger partial charge on any atom is -0.397 e. The van der Waals surface area contributed by atoms with E-state index in [1.54, 1.807) is 0 Å². The molecule has 1 heterocycles. The largest absolute Gasteiger partial charge is 0.397 e. The monoisotopic (exact) mass is 299 g/mol. The topological polar surface area (TPSA) is 107 Å². The summed E-state index contributed by atoms with van der Waals surface area (Å²) < 4.78 is 26.4. The van der Waals surface area contributed by atoms with Crippen molar-refractivity contribution < 1.29 is 13.3 Å². The summed E-state index contributed by atoms with van der Waals surface area (Å²) in [4.78, 5) is 9.97. The Morgan fingerprint density at radius 1 is 1.40 bits per heavy atom. The summed E-state index contributed by atoms with van der Waals surface area (Å²) in [7, 11) is -3.70. The zero-order valence-electron chi connectivity index (χ0n) is 11.4. The number of sulfonamides is 1. The molecule has 0 unspecified atom stereocenters. The summed E-state index contributed by atoms with van der Waals surface area (Å²) in [5.74, 6) is 0. The lowest BCUT2D eigenvalue weighted by Gasteiger charge is -2.20. The zero-order valence-corrected chi connectivity index (χ0v) is 12.2. The number of hydrogen-bond donors (Lipinski definition) is 1. The van der Waals surface area contributed by atoms with Gasteiger partial charge in [-0.3, -0.25) is 10.1 Å². The third-order valence-corrected chi connectivity index (χ3v) is 5.38. The number of benzene rings is 1. The lowest BCUT2D eigenvalue weighted by molar-refractivity contribution is -0.384. The molecule has 0 spiro atoms. The molecule has 1 aliphatic rings. The first-order chi connectivity index (χ1) is 9.13. The Morgan fingerprint density at radius 2 is 2.05 bits per heavy atom. The Balaban J connectivity index is 2.38. The van der Waals surface area contributed by atoms with E-state index in [4.69, 9.17) is 5.73 Å². The van der Waals surface area contributed by atoms with Crippen LogP contribution in [0.1, 0.15) is 20.3 Å². The standard InChI is InChI=1S/C12H17N3O4S/c1-12(2)5-6-14(8-12)20(18,19)11-4-3-9(15(16)17)7-10(11)13/h3-4,7H,5-6,8,13H2,1-2H3. The molecule has 8 heteroatoms. The smallest absolute Gasteiger partial charge is 0.271 e. The average molecular weight is 299 g/mol. The normalized spacial score (nSPS) is 19.1. The molecule has 0 aliphatic carbocycles. The lowest BCUT2D eigenvalue weighted by Crippen LogP contribution is -2.30. The maximum absolute atomic E-state index is 12.5. The van der Waals surface area contributed by atoms with Gasteiger partial charge < -0.3 is 5.73 Å². The van der Waals surface area contributed by atoms with Crippen molar-refractivity contribution in [1.29, 1.82) is 0 Å². The van der Waals surface area contributed by atoms with Crippen molar-refractivity contribution in [3.8, 4) is 0 Å². The van der Waals surface area contributed by atoms with Crippen LogP contribution in [0.15, 0.2) is 23.1 Å². The summed E-state index contributed by atoms with van der Waals surface area (Å²) >= 11 is 0. The van der Waals surface area contributed by atoms with Crippen molar-refractivity contribution in [2.24, 2.45) is 5.41 Å². The number of hydrogen-bond acceptors (Lipinski definition) is 5.